The van der Waals surface area contributed by atoms with Crippen molar-refractivity contribution in [1.29, 1.82) is 0 Å². The summed E-state index contributed by atoms with van der Waals surface area (Å²) in [5, 5.41) is 39.5. The van der Waals surface area contributed by atoms with Gasteiger partial charge in [-0.3, -0.25) is 19.2 Å². The molecule has 4 aromatic rings. The maximum Gasteiger partial charge on any atom is 0.296 e. The molecule has 0 spiro atoms. The van der Waals surface area contributed by atoms with Crippen LogP contribution in [0.1, 0.15) is 0 Å². The van der Waals surface area contributed by atoms with Crippen molar-refractivity contribution in [3.63, 3.8) is 0 Å². The quantitative estimate of drug-likeness (QED) is 0.0438. The molecule has 0 fully saturated rings. The second kappa shape index (κ2) is 11.8. The Morgan fingerprint density at radius 3 is 1.91 bits per heavy atom. The highest BCUT2D eigenvalue weighted by Crippen LogP contribution is 2.37. The standard InChI is InChI=1S/C24H20N8O9S2/c25-17-11-18(26)21(30-31-22-10-16(42(36,37)38)6-8-23(22)33)12-20(17)29-28-14-3-1-13(2-4-14)27-19-7-5-15(32(34)35)9-24(19)43(39,40)41/h1-12,27,33H,25-26H2,(H,36,37,38)(H,39,40,41). The van der Waals surface area contributed by atoms with Gasteiger partial charge in [0.1, 0.15) is 27.7 Å². The van der Waals surface area contributed by atoms with E-state index in [1.807, 2.05) is 0 Å². The number of azo groups is 2. The lowest BCUT2D eigenvalue weighted by Crippen LogP contribution is -2.04. The molecule has 0 aromatic heterocycles. The molecule has 4 aromatic carbocycles. The van der Waals surface area contributed by atoms with Gasteiger partial charge in [-0.1, -0.05) is 0 Å². The molecule has 0 amide bonds. The van der Waals surface area contributed by atoms with Crippen LogP contribution in [0.2, 0.25) is 0 Å². The van der Waals surface area contributed by atoms with Crippen LogP contribution in [-0.4, -0.2) is 36.0 Å². The molecule has 0 atom stereocenters. The summed E-state index contributed by atoms with van der Waals surface area (Å²) in [6, 6.07) is 14.5. The number of non-ortho nitro benzene ring substituents is 1. The van der Waals surface area contributed by atoms with Gasteiger partial charge in [0.15, 0.2) is 0 Å². The summed E-state index contributed by atoms with van der Waals surface area (Å²) in [4.78, 5) is 9.00. The van der Waals surface area contributed by atoms with Crippen LogP contribution in [0.4, 0.5) is 51.2 Å². The predicted molar refractivity (Wildman–Crippen MR) is 154 cm³/mol. The number of phenols is 1. The van der Waals surface area contributed by atoms with Gasteiger partial charge in [0.2, 0.25) is 0 Å². The Labute approximate surface area is 242 Å². The Kier molecular flexibility index (Phi) is 8.34. The van der Waals surface area contributed by atoms with Gasteiger partial charge in [0.25, 0.3) is 25.9 Å². The first-order valence-corrected chi connectivity index (χ1v) is 14.5. The van der Waals surface area contributed by atoms with Crippen molar-refractivity contribution < 1.29 is 36.0 Å². The molecule has 17 nitrogen and oxygen atoms in total. The Bertz CT molecular complexity index is 2020. The summed E-state index contributed by atoms with van der Waals surface area (Å²) in [5.41, 5.74) is 12.1. The largest absolute Gasteiger partial charge is 0.506 e. The van der Waals surface area contributed by atoms with E-state index in [0.717, 1.165) is 36.4 Å². The average molecular weight is 629 g/mol. The minimum atomic E-state index is -4.78. The van der Waals surface area contributed by atoms with Gasteiger partial charge in [-0.25, -0.2) is 0 Å². The normalized spacial score (nSPS) is 12.1. The van der Waals surface area contributed by atoms with Crippen LogP contribution < -0.4 is 16.8 Å². The van der Waals surface area contributed by atoms with E-state index in [9.17, 15) is 41.2 Å². The molecule has 0 saturated carbocycles. The Morgan fingerprint density at radius 1 is 0.721 bits per heavy atom. The molecular formula is C24H20N8O9S2. The van der Waals surface area contributed by atoms with E-state index in [4.69, 9.17) is 11.5 Å². The van der Waals surface area contributed by atoms with E-state index in [0.29, 0.717) is 11.4 Å². The first-order valence-electron chi connectivity index (χ1n) is 11.6. The molecule has 0 aliphatic carbocycles. The molecule has 0 saturated heterocycles. The number of nitrogens with two attached hydrogens (primary N) is 2. The molecule has 0 bridgehead atoms. The van der Waals surface area contributed by atoms with E-state index in [1.165, 1.54) is 36.4 Å². The molecule has 43 heavy (non-hydrogen) atoms. The number of nitrogen functional groups attached to an aromatic ring is 2. The van der Waals surface area contributed by atoms with Gasteiger partial charge in [0, 0.05) is 17.8 Å². The molecule has 222 valence electrons. The number of aromatic hydroxyl groups is 1. The lowest BCUT2D eigenvalue weighted by Gasteiger charge is -2.10. The van der Waals surface area contributed by atoms with Crippen molar-refractivity contribution in [2.24, 2.45) is 20.5 Å². The van der Waals surface area contributed by atoms with Crippen molar-refractivity contribution in [2.75, 3.05) is 16.8 Å². The van der Waals surface area contributed by atoms with Gasteiger partial charge in [-0.15, -0.1) is 15.3 Å². The summed E-state index contributed by atoms with van der Waals surface area (Å²) in [6.45, 7) is 0. The first kappa shape index (κ1) is 30.5. The van der Waals surface area contributed by atoms with Crippen molar-refractivity contribution in [2.45, 2.75) is 9.79 Å². The number of nitrogens with zero attached hydrogens (tertiary/aromatic N) is 5. The van der Waals surface area contributed by atoms with E-state index in [2.05, 4.69) is 25.8 Å². The molecule has 4 rings (SSSR count). The van der Waals surface area contributed by atoms with E-state index >= 15 is 0 Å². The van der Waals surface area contributed by atoms with Crippen molar-refractivity contribution >= 4 is 71.4 Å². The molecule has 0 radical (unpaired) electrons. The highest BCUT2D eigenvalue weighted by molar-refractivity contribution is 7.86. The number of phenolic OH excluding ortho intramolecular Hbond substituents is 1. The molecular weight excluding hydrogens is 608 g/mol. The average Bonchev–Trinajstić information content (AvgIpc) is 2.92. The highest BCUT2D eigenvalue weighted by Gasteiger charge is 2.20. The van der Waals surface area contributed by atoms with Crippen LogP contribution in [0.5, 0.6) is 5.75 Å². The third-order valence-electron chi connectivity index (χ3n) is 5.56. The number of benzene rings is 4. The smallest absolute Gasteiger partial charge is 0.296 e. The fourth-order valence-electron chi connectivity index (χ4n) is 3.46. The number of anilines is 4. The summed E-state index contributed by atoms with van der Waals surface area (Å²) in [7, 11) is -9.33. The number of nitro groups is 1. The Hall–Kier alpha value is -5.50. The zero-order chi connectivity index (χ0) is 31.5. The Morgan fingerprint density at radius 2 is 1.33 bits per heavy atom. The van der Waals surface area contributed by atoms with Gasteiger partial charge in [-0.2, -0.15) is 21.9 Å². The van der Waals surface area contributed by atoms with Crippen LogP contribution in [0, 0.1) is 10.1 Å². The predicted octanol–water partition coefficient (Wildman–Crippen LogP) is 5.53. The van der Waals surface area contributed by atoms with Crippen LogP contribution in [0.3, 0.4) is 0 Å². The summed E-state index contributed by atoms with van der Waals surface area (Å²) >= 11 is 0. The topological polar surface area (TPSA) is 286 Å². The first-order chi connectivity index (χ1) is 20.1. The fourth-order valence-corrected chi connectivity index (χ4v) is 4.62. The van der Waals surface area contributed by atoms with Crippen molar-refractivity contribution in [3.8, 4) is 5.75 Å². The molecule has 0 unspecified atom stereocenters. The van der Waals surface area contributed by atoms with Crippen LogP contribution >= 0.6 is 0 Å². The van der Waals surface area contributed by atoms with Crippen molar-refractivity contribution in [3.05, 3.63) is 82.9 Å². The highest BCUT2D eigenvalue weighted by atomic mass is 32.2. The number of hydrogen-bond donors (Lipinski definition) is 6. The second-order valence-electron chi connectivity index (χ2n) is 8.58. The summed E-state index contributed by atoms with van der Waals surface area (Å²) in [5.74, 6) is -0.411. The third kappa shape index (κ3) is 7.42. The zero-order valence-electron chi connectivity index (χ0n) is 21.4. The molecule has 0 heterocycles. The van der Waals surface area contributed by atoms with Crippen LogP contribution in [0.25, 0.3) is 0 Å². The van der Waals surface area contributed by atoms with Crippen molar-refractivity contribution in [1.82, 2.24) is 0 Å². The summed E-state index contributed by atoms with van der Waals surface area (Å²) in [6.07, 6.45) is 0. The van der Waals surface area contributed by atoms with E-state index in [1.54, 1.807) is 0 Å². The lowest BCUT2D eigenvalue weighted by atomic mass is 10.2. The fraction of sp³-hybridized carbons (Fsp3) is 0. The van der Waals surface area contributed by atoms with Gasteiger partial charge >= 0.3 is 0 Å². The zero-order valence-corrected chi connectivity index (χ0v) is 23.1. The lowest BCUT2D eigenvalue weighted by molar-refractivity contribution is -0.385. The number of rotatable bonds is 9. The number of hydrogen-bond acceptors (Lipinski definition) is 14. The van der Waals surface area contributed by atoms with Crippen LogP contribution in [-0.2, 0) is 20.2 Å². The van der Waals surface area contributed by atoms with Gasteiger partial charge < -0.3 is 21.9 Å². The molecule has 0 aliphatic rings. The minimum absolute atomic E-state index is 0.0529. The maximum atomic E-state index is 11.7. The molecule has 19 heteroatoms. The molecule has 8 N–H and O–H groups in total. The van der Waals surface area contributed by atoms with Gasteiger partial charge in [0.05, 0.1) is 32.6 Å². The summed E-state index contributed by atoms with van der Waals surface area (Å²) < 4.78 is 64.9. The SMILES string of the molecule is Nc1cc(N)c(N=Nc2cc(S(=O)(=O)O)ccc2O)cc1N=Nc1ccc(Nc2ccc([N+](=O)[O-])cc2S(=O)(=O)O)cc1. The van der Waals surface area contributed by atoms with Gasteiger partial charge in [-0.05, 0) is 60.7 Å². The third-order valence-corrected chi connectivity index (χ3v) is 7.30. The van der Waals surface area contributed by atoms with Crippen LogP contribution in [0.15, 0.2) is 103 Å². The minimum Gasteiger partial charge on any atom is -0.506 e. The monoisotopic (exact) mass is 628 g/mol. The Balaban J connectivity index is 1.55. The number of nitrogens with one attached hydrogen (secondary N) is 1. The van der Waals surface area contributed by atoms with E-state index in [-0.39, 0.29) is 34.1 Å². The van der Waals surface area contributed by atoms with E-state index < -0.39 is 46.4 Å². The second-order valence-corrected chi connectivity index (χ2v) is 11.4. The maximum absolute atomic E-state index is 11.7. The number of nitro benzene ring substituents is 1. The molecule has 0 aliphatic heterocycles.